The van der Waals surface area contributed by atoms with Gasteiger partial charge in [0.2, 0.25) is 17.7 Å². The number of benzene rings is 1. The van der Waals surface area contributed by atoms with Gasteiger partial charge in [-0.3, -0.25) is 19.3 Å². The quantitative estimate of drug-likeness (QED) is 0.781. The third-order valence-electron chi connectivity index (χ3n) is 3.40. The second-order valence-electron chi connectivity index (χ2n) is 5.02. The molecule has 1 saturated heterocycles. The van der Waals surface area contributed by atoms with E-state index in [0.29, 0.717) is 31.0 Å². The first-order valence-corrected chi connectivity index (χ1v) is 7.46. The lowest BCUT2D eigenvalue weighted by atomic mass is 10.2. The van der Waals surface area contributed by atoms with Gasteiger partial charge in [-0.1, -0.05) is 12.1 Å². The molecule has 1 aliphatic heterocycles. The number of anilines is 1. The third kappa shape index (κ3) is 4.07. The van der Waals surface area contributed by atoms with Gasteiger partial charge in [0.25, 0.3) is 0 Å². The van der Waals surface area contributed by atoms with Gasteiger partial charge < -0.3 is 10.1 Å². The number of hydrogen-bond donors (Lipinski definition) is 1. The SMILES string of the molecule is CCOc1ccccc1NC(=O)CCCN1C(=O)CCC1=O. The molecule has 2 rings (SSSR count). The van der Waals surface area contributed by atoms with Gasteiger partial charge in [0.05, 0.1) is 12.3 Å². The van der Waals surface area contributed by atoms with Crippen molar-refractivity contribution >= 4 is 23.4 Å². The molecule has 3 amide bonds. The zero-order chi connectivity index (χ0) is 15.9. The van der Waals surface area contributed by atoms with E-state index >= 15 is 0 Å². The number of ether oxygens (including phenoxy) is 1. The van der Waals surface area contributed by atoms with Crippen molar-refractivity contribution in [3.63, 3.8) is 0 Å². The standard InChI is InChI=1S/C16H20N2O4/c1-2-22-13-7-4-3-6-12(13)17-14(19)8-5-11-18-15(20)9-10-16(18)21/h3-4,6-7H,2,5,8-11H2,1H3,(H,17,19). The van der Waals surface area contributed by atoms with E-state index in [0.717, 1.165) is 0 Å². The molecule has 0 bridgehead atoms. The van der Waals surface area contributed by atoms with Crippen molar-refractivity contribution in [1.29, 1.82) is 0 Å². The first-order valence-electron chi connectivity index (χ1n) is 7.46. The molecule has 6 heteroatoms. The summed E-state index contributed by atoms with van der Waals surface area (Å²) in [4.78, 5) is 36.1. The highest BCUT2D eigenvalue weighted by molar-refractivity contribution is 6.02. The van der Waals surface area contributed by atoms with Gasteiger partial charge in [-0.25, -0.2) is 0 Å². The minimum atomic E-state index is -0.161. The number of para-hydroxylation sites is 2. The third-order valence-corrected chi connectivity index (χ3v) is 3.40. The fraction of sp³-hybridized carbons (Fsp3) is 0.438. The van der Waals surface area contributed by atoms with Crippen LogP contribution in [0, 0.1) is 0 Å². The van der Waals surface area contributed by atoms with Crippen LogP contribution in [0.1, 0.15) is 32.6 Å². The number of carbonyl (C=O) groups is 3. The van der Waals surface area contributed by atoms with Crippen LogP contribution in [0.3, 0.4) is 0 Å². The molecular weight excluding hydrogens is 284 g/mol. The summed E-state index contributed by atoms with van der Waals surface area (Å²) in [6.07, 6.45) is 1.27. The minimum Gasteiger partial charge on any atom is -0.492 e. The Morgan fingerprint density at radius 2 is 1.91 bits per heavy atom. The van der Waals surface area contributed by atoms with Crippen molar-refractivity contribution < 1.29 is 19.1 Å². The van der Waals surface area contributed by atoms with E-state index in [2.05, 4.69) is 5.32 Å². The van der Waals surface area contributed by atoms with Gasteiger partial charge in [-0.05, 0) is 25.5 Å². The minimum absolute atomic E-state index is 0.146. The lowest BCUT2D eigenvalue weighted by Gasteiger charge is -2.14. The van der Waals surface area contributed by atoms with E-state index in [1.807, 2.05) is 19.1 Å². The first-order chi connectivity index (χ1) is 10.6. The molecular formula is C16H20N2O4. The fourth-order valence-electron chi connectivity index (χ4n) is 2.33. The Bertz CT molecular complexity index is 555. The highest BCUT2D eigenvalue weighted by atomic mass is 16.5. The first kappa shape index (κ1) is 16.0. The number of nitrogens with one attached hydrogen (secondary N) is 1. The second kappa shape index (κ2) is 7.59. The number of imide groups is 1. The van der Waals surface area contributed by atoms with Gasteiger partial charge in [0, 0.05) is 25.8 Å². The highest BCUT2D eigenvalue weighted by Gasteiger charge is 2.28. The summed E-state index contributed by atoms with van der Waals surface area (Å²) >= 11 is 0. The van der Waals surface area contributed by atoms with Crippen LogP contribution in [-0.2, 0) is 14.4 Å². The monoisotopic (exact) mass is 304 g/mol. The fourth-order valence-corrected chi connectivity index (χ4v) is 2.33. The molecule has 1 aromatic carbocycles. The van der Waals surface area contributed by atoms with Crippen LogP contribution in [0.5, 0.6) is 5.75 Å². The summed E-state index contributed by atoms with van der Waals surface area (Å²) < 4.78 is 5.44. The summed E-state index contributed by atoms with van der Waals surface area (Å²) in [5.74, 6) is 0.175. The van der Waals surface area contributed by atoms with Gasteiger partial charge in [0.15, 0.2) is 0 Å². The molecule has 0 aromatic heterocycles. The molecule has 118 valence electrons. The van der Waals surface area contributed by atoms with Crippen molar-refractivity contribution in [2.45, 2.75) is 32.6 Å². The predicted molar refractivity (Wildman–Crippen MR) is 81.4 cm³/mol. The molecule has 0 aliphatic carbocycles. The number of hydrogen-bond acceptors (Lipinski definition) is 4. The van der Waals surface area contributed by atoms with Crippen LogP contribution >= 0.6 is 0 Å². The second-order valence-corrected chi connectivity index (χ2v) is 5.02. The van der Waals surface area contributed by atoms with Crippen LogP contribution in [0.4, 0.5) is 5.69 Å². The molecule has 6 nitrogen and oxygen atoms in total. The Balaban J connectivity index is 1.81. The summed E-state index contributed by atoms with van der Waals surface area (Å²) in [7, 11) is 0. The summed E-state index contributed by atoms with van der Waals surface area (Å²) in [5.41, 5.74) is 0.627. The Morgan fingerprint density at radius 1 is 1.23 bits per heavy atom. The van der Waals surface area contributed by atoms with Crippen molar-refractivity contribution in [1.82, 2.24) is 4.90 Å². The summed E-state index contributed by atoms with van der Waals surface area (Å²) in [5, 5.41) is 2.79. The Kier molecular flexibility index (Phi) is 5.52. The number of rotatable bonds is 7. The van der Waals surface area contributed by atoms with E-state index in [-0.39, 0.29) is 37.0 Å². The molecule has 0 spiro atoms. The van der Waals surface area contributed by atoms with Crippen LogP contribution in [0.2, 0.25) is 0 Å². The topological polar surface area (TPSA) is 75.7 Å². The van der Waals surface area contributed by atoms with E-state index in [4.69, 9.17) is 4.74 Å². The lowest BCUT2D eigenvalue weighted by Crippen LogP contribution is -2.30. The van der Waals surface area contributed by atoms with E-state index in [1.165, 1.54) is 4.90 Å². The maximum Gasteiger partial charge on any atom is 0.229 e. The average molecular weight is 304 g/mol. The van der Waals surface area contributed by atoms with Crippen molar-refractivity contribution in [3.05, 3.63) is 24.3 Å². The van der Waals surface area contributed by atoms with Crippen molar-refractivity contribution in [3.8, 4) is 5.75 Å². The molecule has 1 aromatic rings. The zero-order valence-corrected chi connectivity index (χ0v) is 12.6. The Labute approximate surface area is 129 Å². The van der Waals surface area contributed by atoms with Crippen LogP contribution < -0.4 is 10.1 Å². The van der Waals surface area contributed by atoms with Crippen LogP contribution in [0.15, 0.2) is 24.3 Å². The van der Waals surface area contributed by atoms with Crippen molar-refractivity contribution in [2.24, 2.45) is 0 Å². The number of amides is 3. The van der Waals surface area contributed by atoms with E-state index in [1.54, 1.807) is 12.1 Å². The number of nitrogens with zero attached hydrogens (tertiary/aromatic N) is 1. The normalized spacial score (nSPS) is 14.3. The van der Waals surface area contributed by atoms with E-state index < -0.39 is 0 Å². The lowest BCUT2D eigenvalue weighted by molar-refractivity contribution is -0.138. The smallest absolute Gasteiger partial charge is 0.229 e. The predicted octanol–water partition coefficient (Wildman–Crippen LogP) is 1.95. The maximum atomic E-state index is 12.0. The molecule has 22 heavy (non-hydrogen) atoms. The molecule has 1 aliphatic rings. The number of carbonyl (C=O) groups excluding carboxylic acids is 3. The Morgan fingerprint density at radius 3 is 2.59 bits per heavy atom. The molecule has 1 N–H and O–H groups in total. The number of likely N-dealkylation sites (tertiary alicyclic amines) is 1. The van der Waals surface area contributed by atoms with E-state index in [9.17, 15) is 14.4 Å². The largest absolute Gasteiger partial charge is 0.492 e. The average Bonchev–Trinajstić information content (AvgIpc) is 2.81. The van der Waals surface area contributed by atoms with Crippen LogP contribution in [0.25, 0.3) is 0 Å². The highest BCUT2D eigenvalue weighted by Crippen LogP contribution is 2.23. The molecule has 1 fully saturated rings. The van der Waals surface area contributed by atoms with Crippen molar-refractivity contribution in [2.75, 3.05) is 18.5 Å². The van der Waals surface area contributed by atoms with Gasteiger partial charge in [-0.2, -0.15) is 0 Å². The van der Waals surface area contributed by atoms with Gasteiger partial charge in [-0.15, -0.1) is 0 Å². The maximum absolute atomic E-state index is 12.0. The molecule has 0 saturated carbocycles. The molecule has 0 unspecified atom stereocenters. The Hall–Kier alpha value is -2.37. The molecule has 1 heterocycles. The van der Waals surface area contributed by atoms with Crippen LogP contribution in [-0.4, -0.2) is 35.8 Å². The summed E-state index contributed by atoms with van der Waals surface area (Å²) in [6.45, 7) is 2.70. The molecule has 0 atom stereocenters. The summed E-state index contributed by atoms with van der Waals surface area (Å²) in [6, 6.07) is 7.22. The zero-order valence-electron chi connectivity index (χ0n) is 12.6. The van der Waals surface area contributed by atoms with Gasteiger partial charge >= 0.3 is 0 Å². The molecule has 0 radical (unpaired) electrons. The van der Waals surface area contributed by atoms with Gasteiger partial charge in [0.1, 0.15) is 5.75 Å².